The second kappa shape index (κ2) is 5.46. The lowest BCUT2D eigenvalue weighted by atomic mass is 9.97. The lowest BCUT2D eigenvalue weighted by molar-refractivity contribution is -0.176. The van der Waals surface area contributed by atoms with Crippen LogP contribution in [0.15, 0.2) is 12.1 Å². The molecule has 2 bridgehead atoms. The summed E-state index contributed by atoms with van der Waals surface area (Å²) in [5, 5.41) is 3.45. The molecule has 0 spiro atoms. The molecule has 4 rings (SSSR count). The first kappa shape index (κ1) is 14.9. The molecule has 2 saturated heterocycles. The topological polar surface area (TPSA) is 31.4 Å². The van der Waals surface area contributed by atoms with Crippen LogP contribution in [0.25, 0.3) is 0 Å². The zero-order valence-electron chi connectivity index (χ0n) is 12.9. The van der Waals surface area contributed by atoms with Crippen LogP contribution in [-0.2, 0) is 0 Å². The summed E-state index contributed by atoms with van der Waals surface area (Å²) in [4.78, 5) is 8.75. The number of aromatic nitrogens is 1. The van der Waals surface area contributed by atoms with Gasteiger partial charge in [-0.2, -0.15) is 13.2 Å². The fourth-order valence-electron chi connectivity index (χ4n) is 3.94. The maximum absolute atomic E-state index is 13.0. The summed E-state index contributed by atoms with van der Waals surface area (Å²) in [6.45, 7) is 2.69. The maximum atomic E-state index is 13.0. The van der Waals surface area contributed by atoms with E-state index in [-0.39, 0.29) is 13.0 Å². The Kier molecular flexibility index (Phi) is 3.54. The van der Waals surface area contributed by atoms with Gasteiger partial charge in [-0.15, -0.1) is 0 Å². The summed E-state index contributed by atoms with van der Waals surface area (Å²) < 4.78 is 39.0. The number of hydrogen-bond acceptors (Lipinski definition) is 4. The Hall–Kier alpha value is -1.66. The normalized spacial score (nSPS) is 27.4. The van der Waals surface area contributed by atoms with E-state index in [2.05, 4.69) is 15.2 Å². The van der Waals surface area contributed by atoms with Crippen molar-refractivity contribution < 1.29 is 13.2 Å². The average Bonchev–Trinajstić information content (AvgIpc) is 2.54. The van der Waals surface area contributed by atoms with Crippen molar-refractivity contribution in [2.45, 2.75) is 37.9 Å². The molecule has 1 unspecified atom stereocenters. The smallest absolute Gasteiger partial charge is 0.366 e. The molecule has 2 atom stereocenters. The molecule has 1 N–H and O–H groups in total. The van der Waals surface area contributed by atoms with Gasteiger partial charge in [-0.25, -0.2) is 4.98 Å². The van der Waals surface area contributed by atoms with Crippen LogP contribution in [0.5, 0.6) is 0 Å². The molecule has 7 heteroatoms. The van der Waals surface area contributed by atoms with Gasteiger partial charge >= 0.3 is 6.18 Å². The first-order valence-corrected chi connectivity index (χ1v) is 8.35. The Labute approximate surface area is 133 Å². The number of piperidine rings is 2. The predicted octanol–water partition coefficient (Wildman–Crippen LogP) is 3.25. The molecule has 23 heavy (non-hydrogen) atoms. The third-order valence-electron chi connectivity index (χ3n) is 5.17. The summed E-state index contributed by atoms with van der Waals surface area (Å²) in [5.41, 5.74) is 1.08. The molecule has 0 aromatic carbocycles. The fourth-order valence-corrected chi connectivity index (χ4v) is 3.94. The number of halogens is 3. The van der Waals surface area contributed by atoms with Gasteiger partial charge in [0.15, 0.2) is 5.82 Å². The van der Waals surface area contributed by atoms with E-state index >= 15 is 0 Å². The molecule has 0 amide bonds. The zero-order chi connectivity index (χ0) is 16.0. The number of nitrogens with zero attached hydrogens (tertiary/aromatic N) is 3. The highest BCUT2D eigenvalue weighted by Gasteiger charge is 2.42. The van der Waals surface area contributed by atoms with Crippen LogP contribution in [0.3, 0.4) is 0 Å². The van der Waals surface area contributed by atoms with Gasteiger partial charge < -0.3 is 15.1 Å². The van der Waals surface area contributed by atoms with Crippen molar-refractivity contribution in [3.05, 3.63) is 12.1 Å². The van der Waals surface area contributed by atoms with Gasteiger partial charge in [0.25, 0.3) is 0 Å². The summed E-state index contributed by atoms with van der Waals surface area (Å²) in [6.07, 6.45) is -1.04. The molecule has 126 valence electrons. The fraction of sp³-hybridized carbons (Fsp3) is 0.688. The van der Waals surface area contributed by atoms with E-state index in [9.17, 15) is 13.2 Å². The van der Waals surface area contributed by atoms with Gasteiger partial charge in [0.1, 0.15) is 5.82 Å². The molecule has 4 nitrogen and oxygen atoms in total. The molecule has 3 aliphatic rings. The largest absolute Gasteiger partial charge is 0.393 e. The molecule has 4 heterocycles. The van der Waals surface area contributed by atoms with Crippen LogP contribution in [-0.4, -0.2) is 43.4 Å². The van der Waals surface area contributed by atoms with Crippen LogP contribution < -0.4 is 15.1 Å². The molecule has 0 radical (unpaired) electrons. The maximum Gasteiger partial charge on any atom is 0.393 e. The highest BCUT2D eigenvalue weighted by molar-refractivity contribution is 5.71. The van der Waals surface area contributed by atoms with Gasteiger partial charge in [-0.1, -0.05) is 0 Å². The van der Waals surface area contributed by atoms with Crippen molar-refractivity contribution in [3.8, 4) is 0 Å². The highest BCUT2D eigenvalue weighted by atomic mass is 19.4. The summed E-state index contributed by atoms with van der Waals surface area (Å²) in [5.74, 6) is 0.240. The Morgan fingerprint density at radius 1 is 1.04 bits per heavy atom. The number of fused-ring (bicyclic) bond motifs is 4. The first-order valence-electron chi connectivity index (χ1n) is 8.35. The number of hydrogen-bond donors (Lipinski definition) is 1. The molecular formula is C16H21F3N4. The summed E-state index contributed by atoms with van der Waals surface area (Å²) in [7, 11) is 0. The van der Waals surface area contributed by atoms with E-state index in [1.807, 2.05) is 12.1 Å². The summed E-state index contributed by atoms with van der Waals surface area (Å²) >= 11 is 0. The third-order valence-corrected chi connectivity index (χ3v) is 5.17. The standard InChI is InChI=1S/C16H21F3N4/c17-16(18,19)11-3-1-8-23(9-11)14-6-5-13-15(21-14)20-12-4-2-7-22(13)10-12/h5-6,11-12H,1-4,7-10H2,(H,20,21)/t11?,12-/m1/s1. The van der Waals surface area contributed by atoms with E-state index in [0.717, 1.165) is 37.4 Å². The minimum Gasteiger partial charge on any atom is -0.366 e. The van der Waals surface area contributed by atoms with Crippen molar-refractivity contribution in [1.29, 1.82) is 0 Å². The molecule has 2 fully saturated rings. The van der Waals surface area contributed by atoms with Crippen LogP contribution in [0.2, 0.25) is 0 Å². The Morgan fingerprint density at radius 2 is 1.83 bits per heavy atom. The van der Waals surface area contributed by atoms with Crippen molar-refractivity contribution in [2.75, 3.05) is 41.3 Å². The van der Waals surface area contributed by atoms with E-state index < -0.39 is 12.1 Å². The summed E-state index contributed by atoms with van der Waals surface area (Å²) in [6, 6.07) is 4.28. The van der Waals surface area contributed by atoms with E-state index in [0.29, 0.717) is 24.8 Å². The Balaban J connectivity index is 1.57. The number of anilines is 3. The van der Waals surface area contributed by atoms with Crippen LogP contribution in [0.4, 0.5) is 30.5 Å². The molecule has 0 aliphatic carbocycles. The first-order chi connectivity index (χ1) is 11.0. The Morgan fingerprint density at radius 3 is 2.65 bits per heavy atom. The van der Waals surface area contributed by atoms with Crippen LogP contribution in [0, 0.1) is 5.92 Å². The molecule has 0 saturated carbocycles. The quantitative estimate of drug-likeness (QED) is 0.858. The van der Waals surface area contributed by atoms with Crippen LogP contribution >= 0.6 is 0 Å². The van der Waals surface area contributed by atoms with Crippen molar-refractivity contribution in [1.82, 2.24) is 4.98 Å². The van der Waals surface area contributed by atoms with Crippen molar-refractivity contribution >= 4 is 17.3 Å². The average molecular weight is 326 g/mol. The van der Waals surface area contributed by atoms with Crippen molar-refractivity contribution in [3.63, 3.8) is 0 Å². The lowest BCUT2D eigenvalue weighted by Crippen LogP contribution is -2.46. The minimum absolute atomic E-state index is 0.0163. The van der Waals surface area contributed by atoms with E-state index in [4.69, 9.17) is 0 Å². The number of alkyl halides is 3. The van der Waals surface area contributed by atoms with Crippen molar-refractivity contribution in [2.24, 2.45) is 5.92 Å². The van der Waals surface area contributed by atoms with Gasteiger partial charge in [-0.05, 0) is 37.8 Å². The SMILES string of the molecule is FC(F)(F)C1CCCN(c2ccc3c(n2)N[C@@H]2CCCN3C2)C1. The van der Waals surface area contributed by atoms with Crippen LogP contribution in [0.1, 0.15) is 25.7 Å². The minimum atomic E-state index is -4.12. The molecular weight excluding hydrogens is 305 g/mol. The van der Waals surface area contributed by atoms with E-state index in [1.165, 1.54) is 0 Å². The molecule has 1 aromatic heterocycles. The van der Waals surface area contributed by atoms with Gasteiger partial charge in [0.05, 0.1) is 11.6 Å². The Bertz CT molecular complexity index is 589. The predicted molar refractivity (Wildman–Crippen MR) is 84.1 cm³/mol. The lowest BCUT2D eigenvalue weighted by Gasteiger charge is -2.41. The monoisotopic (exact) mass is 326 g/mol. The second-order valence-corrected chi connectivity index (χ2v) is 6.79. The van der Waals surface area contributed by atoms with Gasteiger partial charge in [0, 0.05) is 32.2 Å². The highest BCUT2D eigenvalue weighted by Crippen LogP contribution is 2.37. The molecule has 3 aliphatic heterocycles. The van der Waals surface area contributed by atoms with E-state index in [1.54, 1.807) is 4.90 Å². The number of nitrogens with one attached hydrogen (secondary N) is 1. The number of rotatable bonds is 1. The zero-order valence-corrected chi connectivity index (χ0v) is 12.9. The van der Waals surface area contributed by atoms with Gasteiger partial charge in [0.2, 0.25) is 0 Å². The molecule has 1 aromatic rings. The van der Waals surface area contributed by atoms with Gasteiger partial charge in [-0.3, -0.25) is 0 Å². The number of pyridine rings is 1. The second-order valence-electron chi connectivity index (χ2n) is 6.79. The third kappa shape index (κ3) is 2.81.